The second-order valence-corrected chi connectivity index (χ2v) is 6.43. The fourth-order valence-corrected chi connectivity index (χ4v) is 2.78. The Bertz CT molecular complexity index is 593. The van der Waals surface area contributed by atoms with Crippen LogP contribution in [0.25, 0.3) is 0 Å². The van der Waals surface area contributed by atoms with Crippen molar-refractivity contribution >= 4 is 23.5 Å². The Labute approximate surface area is 140 Å². The average molecular weight is 338 g/mol. The van der Waals surface area contributed by atoms with E-state index in [9.17, 15) is 9.59 Å². The molecule has 0 fully saturated rings. The van der Waals surface area contributed by atoms with E-state index in [-0.39, 0.29) is 18.5 Å². The summed E-state index contributed by atoms with van der Waals surface area (Å²) in [5, 5.41) is 0. The minimum absolute atomic E-state index is 0.156. The lowest BCUT2D eigenvalue weighted by molar-refractivity contribution is -0.132. The molecule has 1 amide bonds. The third-order valence-corrected chi connectivity index (χ3v) is 4.56. The van der Waals surface area contributed by atoms with Crippen LogP contribution in [-0.4, -0.2) is 54.5 Å². The van der Waals surface area contributed by atoms with E-state index in [0.717, 1.165) is 5.75 Å². The molecule has 2 N–H and O–H groups in total. The summed E-state index contributed by atoms with van der Waals surface area (Å²) < 4.78 is 10.5. The molecule has 0 aliphatic carbocycles. The average Bonchev–Trinajstić information content (AvgIpc) is 3.04. The molecule has 1 aromatic rings. The van der Waals surface area contributed by atoms with Crippen LogP contribution in [0.3, 0.4) is 0 Å². The highest BCUT2D eigenvalue weighted by Crippen LogP contribution is 2.33. The van der Waals surface area contributed by atoms with Crippen molar-refractivity contribution in [3.8, 4) is 11.5 Å². The number of thioether (sulfide) groups is 1. The first-order valence-corrected chi connectivity index (χ1v) is 8.80. The van der Waals surface area contributed by atoms with E-state index < -0.39 is 12.1 Å². The van der Waals surface area contributed by atoms with Gasteiger partial charge in [-0.05, 0) is 43.6 Å². The van der Waals surface area contributed by atoms with Crippen molar-refractivity contribution in [2.45, 2.75) is 25.4 Å². The number of fused-ring (bicyclic) bond motifs is 1. The first kappa shape index (κ1) is 17.6. The normalized spacial score (nSPS) is 15.1. The maximum atomic E-state index is 12.6. The van der Waals surface area contributed by atoms with E-state index in [1.54, 1.807) is 43.9 Å². The van der Waals surface area contributed by atoms with E-state index >= 15 is 0 Å². The van der Waals surface area contributed by atoms with E-state index in [1.807, 2.05) is 6.26 Å². The number of nitrogens with zero attached hydrogens (tertiary/aromatic N) is 1. The highest BCUT2D eigenvalue weighted by atomic mass is 32.2. The van der Waals surface area contributed by atoms with Crippen molar-refractivity contribution in [1.29, 1.82) is 0 Å². The van der Waals surface area contributed by atoms with Gasteiger partial charge in [0.2, 0.25) is 12.7 Å². The molecule has 0 saturated heterocycles. The zero-order valence-corrected chi connectivity index (χ0v) is 14.4. The Morgan fingerprint density at radius 3 is 2.74 bits per heavy atom. The molecule has 23 heavy (non-hydrogen) atoms. The third kappa shape index (κ3) is 3.97. The van der Waals surface area contributed by atoms with Gasteiger partial charge in [-0.1, -0.05) is 0 Å². The van der Waals surface area contributed by atoms with Gasteiger partial charge in [0.05, 0.1) is 12.1 Å². The van der Waals surface area contributed by atoms with Crippen molar-refractivity contribution in [2.24, 2.45) is 5.73 Å². The number of rotatable bonds is 7. The van der Waals surface area contributed by atoms with Crippen LogP contribution >= 0.6 is 11.8 Å². The lowest BCUT2D eigenvalue weighted by Crippen LogP contribution is -2.48. The number of benzene rings is 1. The predicted molar refractivity (Wildman–Crippen MR) is 90.1 cm³/mol. The van der Waals surface area contributed by atoms with Crippen molar-refractivity contribution in [3.63, 3.8) is 0 Å². The summed E-state index contributed by atoms with van der Waals surface area (Å²) in [4.78, 5) is 26.3. The Kier molecular flexibility index (Phi) is 5.90. The van der Waals surface area contributed by atoms with E-state index in [1.165, 1.54) is 4.90 Å². The molecule has 1 heterocycles. The summed E-state index contributed by atoms with van der Waals surface area (Å²) in [6, 6.07) is 3.85. The van der Waals surface area contributed by atoms with Crippen LogP contribution in [0.15, 0.2) is 18.2 Å². The van der Waals surface area contributed by atoms with Gasteiger partial charge >= 0.3 is 0 Å². The van der Waals surface area contributed by atoms with Crippen molar-refractivity contribution in [3.05, 3.63) is 23.8 Å². The fourth-order valence-electron chi connectivity index (χ4n) is 2.29. The summed E-state index contributed by atoms with van der Waals surface area (Å²) in [5.41, 5.74) is 6.39. The van der Waals surface area contributed by atoms with Gasteiger partial charge in [0.25, 0.3) is 0 Å². The second kappa shape index (κ2) is 7.70. The maximum Gasteiger partial charge on any atom is 0.239 e. The molecular formula is C16H22N2O4S. The smallest absolute Gasteiger partial charge is 0.239 e. The SMILES string of the molecule is CSCC[C@H](N)C(=O)N(C)C(C)C(=O)c1ccc2c(c1)OCO2. The Balaban J connectivity index is 2.05. The molecule has 1 aromatic carbocycles. The maximum absolute atomic E-state index is 12.6. The van der Waals surface area contributed by atoms with Crippen molar-refractivity contribution in [1.82, 2.24) is 4.90 Å². The van der Waals surface area contributed by atoms with Crippen LogP contribution < -0.4 is 15.2 Å². The number of nitrogens with two attached hydrogens (primary N) is 1. The van der Waals surface area contributed by atoms with Gasteiger partial charge in [0.1, 0.15) is 0 Å². The van der Waals surface area contributed by atoms with Crippen molar-refractivity contribution < 1.29 is 19.1 Å². The Morgan fingerprint density at radius 1 is 1.35 bits per heavy atom. The van der Waals surface area contributed by atoms with Gasteiger partial charge in [-0.2, -0.15) is 11.8 Å². The topological polar surface area (TPSA) is 81.9 Å². The molecule has 1 aliphatic heterocycles. The quantitative estimate of drug-likeness (QED) is 0.759. The molecular weight excluding hydrogens is 316 g/mol. The number of amides is 1. The zero-order valence-electron chi connectivity index (χ0n) is 13.6. The number of carbonyl (C=O) groups excluding carboxylic acids is 2. The van der Waals surface area contributed by atoms with Crippen LogP contribution in [-0.2, 0) is 4.79 Å². The van der Waals surface area contributed by atoms with E-state index in [0.29, 0.717) is 23.5 Å². The lowest BCUT2D eigenvalue weighted by Gasteiger charge is -2.26. The number of hydrogen-bond donors (Lipinski definition) is 1. The molecule has 2 atom stereocenters. The number of ketones is 1. The number of hydrogen-bond acceptors (Lipinski definition) is 6. The zero-order chi connectivity index (χ0) is 17.0. The summed E-state index contributed by atoms with van der Waals surface area (Å²) in [6.45, 7) is 1.86. The summed E-state index contributed by atoms with van der Waals surface area (Å²) >= 11 is 1.64. The molecule has 7 heteroatoms. The third-order valence-electron chi connectivity index (χ3n) is 3.92. The minimum Gasteiger partial charge on any atom is -0.454 e. The fraction of sp³-hybridized carbons (Fsp3) is 0.500. The highest BCUT2D eigenvalue weighted by Gasteiger charge is 2.27. The number of ether oxygens (including phenoxy) is 2. The first-order valence-electron chi connectivity index (χ1n) is 7.40. The standard InChI is InChI=1S/C16H22N2O4S/c1-10(18(2)16(20)12(17)6-7-23-3)15(19)11-4-5-13-14(8-11)22-9-21-13/h4-5,8,10,12H,6-7,9,17H2,1-3H3/t10?,12-/m0/s1. The number of likely N-dealkylation sites (N-methyl/N-ethyl adjacent to an activating group) is 1. The summed E-state index contributed by atoms with van der Waals surface area (Å²) in [7, 11) is 1.61. The Morgan fingerprint density at radius 2 is 2.04 bits per heavy atom. The van der Waals surface area contributed by atoms with Gasteiger partial charge in [0, 0.05) is 12.6 Å². The van der Waals surface area contributed by atoms with E-state index in [2.05, 4.69) is 0 Å². The van der Waals surface area contributed by atoms with Crippen molar-refractivity contribution in [2.75, 3.05) is 25.8 Å². The summed E-state index contributed by atoms with van der Waals surface area (Å²) in [6.07, 6.45) is 2.56. The monoisotopic (exact) mass is 338 g/mol. The molecule has 2 rings (SSSR count). The first-order chi connectivity index (χ1) is 11.0. The molecule has 126 valence electrons. The summed E-state index contributed by atoms with van der Waals surface area (Å²) in [5.74, 6) is 1.61. The highest BCUT2D eigenvalue weighted by molar-refractivity contribution is 7.98. The van der Waals surface area contributed by atoms with Gasteiger partial charge in [-0.3, -0.25) is 9.59 Å². The van der Waals surface area contributed by atoms with Crippen LogP contribution in [0.4, 0.5) is 0 Å². The van der Waals surface area contributed by atoms with Crippen LogP contribution in [0.1, 0.15) is 23.7 Å². The van der Waals surface area contributed by atoms with Gasteiger partial charge < -0.3 is 20.1 Å². The Hall–Kier alpha value is -1.73. The molecule has 6 nitrogen and oxygen atoms in total. The van der Waals surface area contributed by atoms with Crippen LogP contribution in [0.2, 0.25) is 0 Å². The molecule has 0 saturated carbocycles. The van der Waals surface area contributed by atoms with E-state index in [4.69, 9.17) is 15.2 Å². The molecule has 1 aliphatic rings. The molecule has 1 unspecified atom stereocenters. The number of Topliss-reactive ketones (excluding diaryl/α,β-unsaturated/α-hetero) is 1. The predicted octanol–water partition coefficient (Wildman–Crippen LogP) is 1.53. The molecule has 0 spiro atoms. The minimum atomic E-state index is -0.594. The van der Waals surface area contributed by atoms with Gasteiger partial charge in [-0.15, -0.1) is 0 Å². The van der Waals surface area contributed by atoms with Crippen LogP contribution in [0, 0.1) is 0 Å². The lowest BCUT2D eigenvalue weighted by atomic mass is 10.0. The van der Waals surface area contributed by atoms with Gasteiger partial charge in [0.15, 0.2) is 17.3 Å². The van der Waals surface area contributed by atoms with Gasteiger partial charge in [-0.25, -0.2) is 0 Å². The molecule has 0 bridgehead atoms. The largest absolute Gasteiger partial charge is 0.454 e. The molecule has 0 aromatic heterocycles. The second-order valence-electron chi connectivity index (χ2n) is 5.45. The number of carbonyl (C=O) groups is 2. The van der Waals surface area contributed by atoms with Crippen LogP contribution in [0.5, 0.6) is 11.5 Å². The molecule has 0 radical (unpaired) electrons.